The second-order valence-corrected chi connectivity index (χ2v) is 8.19. The molecule has 0 amide bonds. The molecule has 0 unspecified atom stereocenters. The van der Waals surface area contributed by atoms with Crippen LogP contribution in [0.15, 0.2) is 60.8 Å². The lowest BCUT2D eigenvalue weighted by Gasteiger charge is -2.34. The first-order valence-corrected chi connectivity index (χ1v) is 10.2. The van der Waals surface area contributed by atoms with E-state index in [1.165, 1.54) is 9.75 Å². The van der Waals surface area contributed by atoms with Crippen molar-refractivity contribution in [3.8, 4) is 10.4 Å². The van der Waals surface area contributed by atoms with Crippen LogP contribution in [0.25, 0.3) is 10.4 Å². The molecule has 0 aliphatic carbocycles. The van der Waals surface area contributed by atoms with Crippen LogP contribution in [0.1, 0.15) is 10.6 Å². The van der Waals surface area contributed by atoms with Gasteiger partial charge in [-0.3, -0.25) is 14.8 Å². The number of halogens is 1. The fourth-order valence-corrected chi connectivity index (χ4v) is 4.70. The summed E-state index contributed by atoms with van der Waals surface area (Å²) in [5, 5.41) is 0.823. The number of hydrogen-bond donors (Lipinski definition) is 0. The van der Waals surface area contributed by atoms with E-state index in [1.807, 2.05) is 41.8 Å². The maximum absolute atomic E-state index is 6.33. The van der Waals surface area contributed by atoms with E-state index in [-0.39, 0.29) is 0 Å². The topological polar surface area (TPSA) is 19.4 Å². The van der Waals surface area contributed by atoms with Gasteiger partial charge in [-0.2, -0.15) is 0 Å². The number of pyridine rings is 1. The first-order chi connectivity index (χ1) is 12.8. The lowest BCUT2D eigenvalue weighted by molar-refractivity contribution is 0.122. The molecule has 0 saturated carbocycles. The highest BCUT2D eigenvalue weighted by molar-refractivity contribution is 7.15. The van der Waals surface area contributed by atoms with Crippen LogP contribution in [-0.4, -0.2) is 41.0 Å². The molecule has 134 valence electrons. The third-order valence-electron chi connectivity index (χ3n) is 4.76. The van der Waals surface area contributed by atoms with Gasteiger partial charge in [0.2, 0.25) is 0 Å². The molecule has 0 atom stereocenters. The van der Waals surface area contributed by atoms with Crippen LogP contribution < -0.4 is 0 Å². The Labute approximate surface area is 163 Å². The van der Waals surface area contributed by atoms with Gasteiger partial charge in [-0.15, -0.1) is 11.3 Å². The number of benzene rings is 1. The molecule has 2 aromatic heterocycles. The van der Waals surface area contributed by atoms with Gasteiger partial charge in [0, 0.05) is 65.8 Å². The van der Waals surface area contributed by atoms with Crippen LogP contribution in [0.2, 0.25) is 5.02 Å². The Morgan fingerprint density at radius 2 is 1.58 bits per heavy atom. The average molecular weight is 384 g/mol. The molecule has 0 N–H and O–H groups in total. The zero-order valence-corrected chi connectivity index (χ0v) is 16.2. The molecule has 0 radical (unpaired) electrons. The fraction of sp³-hybridized carbons (Fsp3) is 0.286. The molecule has 1 aromatic carbocycles. The number of aromatic nitrogens is 1. The molecule has 5 heteroatoms. The zero-order chi connectivity index (χ0) is 17.8. The average Bonchev–Trinajstić information content (AvgIpc) is 3.13. The monoisotopic (exact) mass is 383 g/mol. The van der Waals surface area contributed by atoms with E-state index in [4.69, 9.17) is 11.6 Å². The van der Waals surface area contributed by atoms with E-state index in [0.29, 0.717) is 0 Å². The van der Waals surface area contributed by atoms with Crippen molar-refractivity contribution in [2.45, 2.75) is 13.1 Å². The normalized spacial score (nSPS) is 16.0. The van der Waals surface area contributed by atoms with E-state index in [1.54, 1.807) is 0 Å². The Hall–Kier alpha value is -1.72. The maximum atomic E-state index is 6.33. The maximum Gasteiger partial charge on any atom is 0.0543 e. The third-order valence-corrected chi connectivity index (χ3v) is 6.19. The van der Waals surface area contributed by atoms with Gasteiger partial charge in [0.15, 0.2) is 0 Å². The van der Waals surface area contributed by atoms with Crippen LogP contribution in [0.5, 0.6) is 0 Å². The number of hydrogen-bond acceptors (Lipinski definition) is 4. The van der Waals surface area contributed by atoms with Crippen molar-refractivity contribution in [3.63, 3.8) is 0 Å². The van der Waals surface area contributed by atoms with Crippen molar-refractivity contribution in [1.82, 2.24) is 14.8 Å². The molecular weight excluding hydrogens is 362 g/mol. The molecule has 1 fully saturated rings. The van der Waals surface area contributed by atoms with Crippen molar-refractivity contribution < 1.29 is 0 Å². The van der Waals surface area contributed by atoms with Gasteiger partial charge in [-0.25, -0.2) is 0 Å². The predicted octanol–water partition coefficient (Wildman–Crippen LogP) is 4.78. The number of nitrogens with zero attached hydrogens (tertiary/aromatic N) is 3. The standard InChI is InChI=1S/C21H22ClN3S/c22-20-7-2-1-6-19(20)21-9-8-18(26-21)16-25-13-11-24(12-14-25)15-17-5-3-4-10-23-17/h1-10H,11-16H2. The Kier molecular flexibility index (Phi) is 5.65. The van der Waals surface area contributed by atoms with E-state index < -0.39 is 0 Å². The molecule has 3 nitrogen and oxygen atoms in total. The summed E-state index contributed by atoms with van der Waals surface area (Å²) in [5.41, 5.74) is 2.29. The van der Waals surface area contributed by atoms with Crippen LogP contribution in [0.4, 0.5) is 0 Å². The summed E-state index contributed by atoms with van der Waals surface area (Å²) in [6.45, 7) is 6.37. The Morgan fingerprint density at radius 3 is 2.31 bits per heavy atom. The zero-order valence-electron chi connectivity index (χ0n) is 14.6. The molecule has 3 aromatic rings. The van der Waals surface area contributed by atoms with Crippen LogP contribution in [0, 0.1) is 0 Å². The number of piperazine rings is 1. The summed E-state index contributed by atoms with van der Waals surface area (Å²) in [5.74, 6) is 0. The highest BCUT2D eigenvalue weighted by Gasteiger charge is 2.18. The Bertz CT molecular complexity index is 841. The number of thiophene rings is 1. The minimum Gasteiger partial charge on any atom is -0.296 e. The largest absolute Gasteiger partial charge is 0.296 e. The third kappa shape index (κ3) is 4.33. The first-order valence-electron chi connectivity index (χ1n) is 8.96. The summed E-state index contributed by atoms with van der Waals surface area (Å²) >= 11 is 8.18. The summed E-state index contributed by atoms with van der Waals surface area (Å²) in [6, 6.07) is 18.6. The minimum absolute atomic E-state index is 0.823. The van der Waals surface area contributed by atoms with Crippen molar-refractivity contribution in [2.75, 3.05) is 26.2 Å². The van der Waals surface area contributed by atoms with Crippen molar-refractivity contribution in [2.24, 2.45) is 0 Å². The summed E-state index contributed by atoms with van der Waals surface area (Å²) in [4.78, 5) is 12.1. The molecule has 26 heavy (non-hydrogen) atoms. The molecule has 1 saturated heterocycles. The van der Waals surface area contributed by atoms with Crippen LogP contribution in [-0.2, 0) is 13.1 Å². The molecule has 1 aliphatic heterocycles. The van der Waals surface area contributed by atoms with E-state index >= 15 is 0 Å². The van der Waals surface area contributed by atoms with Crippen molar-refractivity contribution in [3.05, 3.63) is 76.4 Å². The quantitative estimate of drug-likeness (QED) is 0.632. The molecule has 4 rings (SSSR count). The SMILES string of the molecule is Clc1ccccc1-c1ccc(CN2CCN(Cc3ccccn3)CC2)s1. The smallest absolute Gasteiger partial charge is 0.0543 e. The Morgan fingerprint density at radius 1 is 0.846 bits per heavy atom. The Balaban J connectivity index is 1.32. The molecule has 0 bridgehead atoms. The van der Waals surface area contributed by atoms with Crippen LogP contribution in [0.3, 0.4) is 0 Å². The van der Waals surface area contributed by atoms with E-state index in [2.05, 4.69) is 45.1 Å². The molecule has 3 heterocycles. The summed E-state index contributed by atoms with van der Waals surface area (Å²) < 4.78 is 0. The second kappa shape index (κ2) is 8.31. The summed E-state index contributed by atoms with van der Waals surface area (Å²) in [7, 11) is 0. The van der Waals surface area contributed by atoms with Gasteiger partial charge in [0.05, 0.1) is 5.69 Å². The van der Waals surface area contributed by atoms with Gasteiger partial charge in [-0.05, 0) is 30.3 Å². The second-order valence-electron chi connectivity index (χ2n) is 6.62. The first kappa shape index (κ1) is 17.7. The van der Waals surface area contributed by atoms with Gasteiger partial charge in [0.1, 0.15) is 0 Å². The van der Waals surface area contributed by atoms with E-state index in [9.17, 15) is 0 Å². The van der Waals surface area contributed by atoms with Crippen molar-refractivity contribution in [1.29, 1.82) is 0 Å². The lowest BCUT2D eigenvalue weighted by atomic mass is 10.2. The molecular formula is C21H22ClN3S. The predicted molar refractivity (Wildman–Crippen MR) is 110 cm³/mol. The van der Waals surface area contributed by atoms with Gasteiger partial charge in [-0.1, -0.05) is 35.9 Å². The van der Waals surface area contributed by atoms with E-state index in [0.717, 1.165) is 55.5 Å². The minimum atomic E-state index is 0.823. The summed E-state index contributed by atoms with van der Waals surface area (Å²) in [6.07, 6.45) is 1.87. The fourth-order valence-electron chi connectivity index (χ4n) is 3.32. The molecule has 1 aliphatic rings. The van der Waals surface area contributed by atoms with Crippen molar-refractivity contribution >= 4 is 22.9 Å². The lowest BCUT2D eigenvalue weighted by Crippen LogP contribution is -2.45. The van der Waals surface area contributed by atoms with Gasteiger partial charge in [0.25, 0.3) is 0 Å². The van der Waals surface area contributed by atoms with Crippen LogP contribution >= 0.6 is 22.9 Å². The highest BCUT2D eigenvalue weighted by Crippen LogP contribution is 2.33. The highest BCUT2D eigenvalue weighted by atomic mass is 35.5. The molecule has 0 spiro atoms. The number of rotatable bonds is 5. The van der Waals surface area contributed by atoms with Gasteiger partial charge < -0.3 is 0 Å². The van der Waals surface area contributed by atoms with Gasteiger partial charge >= 0.3 is 0 Å².